The molecule has 0 heterocycles. The Morgan fingerprint density at radius 2 is 1.67 bits per heavy atom. The van der Waals surface area contributed by atoms with Crippen molar-refractivity contribution in [2.75, 3.05) is 14.2 Å². The highest BCUT2D eigenvalue weighted by Gasteiger charge is 2.29. The van der Waals surface area contributed by atoms with Crippen LogP contribution in [0.5, 0.6) is 0 Å². The normalized spacial score (nSPS) is 13.7. The van der Waals surface area contributed by atoms with E-state index in [1.54, 1.807) is 20.8 Å². The maximum absolute atomic E-state index is 11.6. The monoisotopic (exact) mass is 278 g/mol. The Labute approximate surface area is 109 Å². The van der Waals surface area contributed by atoms with Gasteiger partial charge in [-0.25, -0.2) is 0 Å². The van der Waals surface area contributed by atoms with Gasteiger partial charge in [-0.05, 0) is 20.8 Å². The Morgan fingerprint density at radius 3 is 2.00 bits per heavy atom. The fourth-order valence-corrected chi connectivity index (χ4v) is 1.56. The minimum absolute atomic E-state index is 0.0104. The molecule has 0 spiro atoms. The molecular formula is C11H20NO5S+. The van der Waals surface area contributed by atoms with Crippen LogP contribution in [0, 0.1) is 5.92 Å². The molecule has 18 heavy (non-hydrogen) atoms. The number of nitrogens with zero attached hydrogens (tertiary/aromatic N) is 1. The summed E-state index contributed by atoms with van der Waals surface area (Å²) in [5.41, 5.74) is 0. The Morgan fingerprint density at radius 1 is 1.22 bits per heavy atom. The van der Waals surface area contributed by atoms with Crippen LogP contribution in [0.3, 0.4) is 0 Å². The fourth-order valence-electron chi connectivity index (χ4n) is 0.973. The standard InChI is InChI=1S/C11H19NO5S/c1-11(2,3)18(15)12-7-6-8(9(13)16-4)10(14)17-5/h7-8H,6H2,1-5H3/p+1/b12-7+. The molecule has 0 amide bonds. The van der Waals surface area contributed by atoms with Gasteiger partial charge in [-0.1, -0.05) is 8.61 Å². The van der Waals surface area contributed by atoms with E-state index >= 15 is 0 Å². The van der Waals surface area contributed by atoms with Crippen LogP contribution in [0.2, 0.25) is 0 Å². The molecule has 0 aromatic rings. The highest BCUT2D eigenvalue weighted by Crippen LogP contribution is 2.13. The summed E-state index contributed by atoms with van der Waals surface area (Å²) >= 11 is 0. The minimum Gasteiger partial charge on any atom is -0.468 e. The zero-order valence-corrected chi connectivity index (χ0v) is 12.2. The van der Waals surface area contributed by atoms with Crippen molar-refractivity contribution in [2.45, 2.75) is 31.9 Å². The van der Waals surface area contributed by atoms with Gasteiger partial charge < -0.3 is 9.47 Å². The van der Waals surface area contributed by atoms with Gasteiger partial charge >= 0.3 is 11.9 Å². The minimum atomic E-state index is -1.78. The third-order valence-electron chi connectivity index (χ3n) is 2.07. The maximum Gasteiger partial charge on any atom is 0.320 e. The predicted octanol–water partition coefficient (Wildman–Crippen LogP) is 0.819. The summed E-state index contributed by atoms with van der Waals surface area (Å²) in [4.78, 5) is 22.7. The van der Waals surface area contributed by atoms with Crippen molar-refractivity contribution in [1.29, 1.82) is 0 Å². The highest BCUT2D eigenvalue weighted by molar-refractivity contribution is 7.85. The van der Waals surface area contributed by atoms with E-state index in [-0.39, 0.29) is 6.42 Å². The van der Waals surface area contributed by atoms with Gasteiger partial charge in [0.1, 0.15) is 4.75 Å². The number of hydrogen-bond donors (Lipinski definition) is 0. The summed E-state index contributed by atoms with van der Waals surface area (Å²) in [6.45, 7) is 5.38. The lowest BCUT2D eigenvalue weighted by Gasteiger charge is -2.09. The van der Waals surface area contributed by atoms with Crippen LogP contribution < -0.4 is 0 Å². The second kappa shape index (κ2) is 7.25. The molecule has 7 heteroatoms. The first-order valence-corrected chi connectivity index (χ1v) is 6.60. The third-order valence-corrected chi connectivity index (χ3v) is 3.59. The van der Waals surface area contributed by atoms with Gasteiger partial charge in [-0.2, -0.15) is 0 Å². The molecule has 104 valence electrons. The highest BCUT2D eigenvalue weighted by atomic mass is 32.2. The lowest BCUT2D eigenvalue weighted by Crippen LogP contribution is -2.27. The van der Waals surface area contributed by atoms with E-state index in [4.69, 9.17) is 0 Å². The van der Waals surface area contributed by atoms with Crippen molar-refractivity contribution in [2.24, 2.45) is 10.3 Å². The van der Waals surface area contributed by atoms with Crippen LogP contribution in [-0.4, -0.2) is 37.1 Å². The SMILES string of the molecule is COC(=O)C(C/C=N/[SH+](=O)C(C)(C)C)C(=O)OC. The molecule has 0 aromatic carbocycles. The van der Waals surface area contributed by atoms with E-state index in [0.29, 0.717) is 0 Å². The summed E-state index contributed by atoms with van der Waals surface area (Å²) in [5.74, 6) is -2.45. The first-order valence-electron chi connectivity index (χ1n) is 5.39. The Hall–Kier alpha value is -1.24. The Kier molecular flexibility index (Phi) is 6.75. The van der Waals surface area contributed by atoms with Gasteiger partial charge in [-0.15, -0.1) is 0 Å². The van der Waals surface area contributed by atoms with Crippen molar-refractivity contribution in [3.05, 3.63) is 0 Å². The van der Waals surface area contributed by atoms with Crippen molar-refractivity contribution in [3.63, 3.8) is 0 Å². The summed E-state index contributed by atoms with van der Waals surface area (Å²) in [6.07, 6.45) is 1.32. The Bertz CT molecular complexity index is 343. The average Bonchev–Trinajstić information content (AvgIpc) is 2.31. The molecule has 0 radical (unpaired) electrons. The first kappa shape index (κ1) is 16.8. The molecule has 0 N–H and O–H groups in total. The average molecular weight is 278 g/mol. The number of thiol groups is 1. The lowest BCUT2D eigenvalue weighted by atomic mass is 10.1. The summed E-state index contributed by atoms with van der Waals surface area (Å²) in [7, 11) is 0.587. The summed E-state index contributed by atoms with van der Waals surface area (Å²) in [6, 6.07) is 0. The number of hydrogen-bond acceptors (Lipinski definition) is 5. The number of esters is 2. The second-order valence-corrected chi connectivity index (χ2v) is 6.69. The smallest absolute Gasteiger partial charge is 0.320 e. The summed E-state index contributed by atoms with van der Waals surface area (Å²) in [5, 5.41) is 0. The second-order valence-electron chi connectivity index (χ2n) is 4.58. The largest absolute Gasteiger partial charge is 0.468 e. The van der Waals surface area contributed by atoms with Gasteiger partial charge in [-0.3, -0.25) is 9.59 Å². The molecule has 6 nitrogen and oxygen atoms in total. The molecule has 0 aliphatic rings. The van der Waals surface area contributed by atoms with Gasteiger partial charge in [0.05, 0.1) is 20.4 Å². The molecule has 0 saturated heterocycles. The van der Waals surface area contributed by atoms with Gasteiger partial charge in [0.15, 0.2) is 16.9 Å². The van der Waals surface area contributed by atoms with E-state index in [1.807, 2.05) is 0 Å². The molecule has 1 atom stereocenters. The number of carbonyl (C=O) groups excluding carboxylic acids is 2. The Balaban J connectivity index is 4.63. The van der Waals surface area contributed by atoms with Crippen LogP contribution in [0.4, 0.5) is 0 Å². The van der Waals surface area contributed by atoms with Crippen LogP contribution in [0.25, 0.3) is 0 Å². The molecule has 0 bridgehead atoms. The van der Waals surface area contributed by atoms with Crippen LogP contribution in [-0.2, 0) is 34.3 Å². The molecule has 0 aliphatic carbocycles. The van der Waals surface area contributed by atoms with Gasteiger partial charge in [0, 0.05) is 6.42 Å². The van der Waals surface area contributed by atoms with Crippen LogP contribution in [0.15, 0.2) is 4.40 Å². The molecular weight excluding hydrogens is 258 g/mol. The molecule has 1 unspecified atom stereocenters. The van der Waals surface area contributed by atoms with Gasteiger partial charge in [0.2, 0.25) is 0 Å². The zero-order valence-electron chi connectivity index (χ0n) is 11.3. The first-order chi connectivity index (χ1) is 8.23. The number of rotatable bonds is 5. The van der Waals surface area contributed by atoms with E-state index < -0.39 is 33.6 Å². The maximum atomic E-state index is 11.6. The number of methoxy groups -OCH3 is 2. The van der Waals surface area contributed by atoms with Crippen molar-refractivity contribution in [3.8, 4) is 0 Å². The number of carbonyl (C=O) groups is 2. The lowest BCUT2D eigenvalue weighted by molar-refractivity contribution is -0.158. The van der Waals surface area contributed by atoms with E-state index in [2.05, 4.69) is 13.9 Å². The molecule has 0 rings (SSSR count). The van der Waals surface area contributed by atoms with Crippen LogP contribution >= 0.6 is 0 Å². The molecule has 0 saturated carbocycles. The van der Waals surface area contributed by atoms with E-state index in [9.17, 15) is 13.8 Å². The van der Waals surface area contributed by atoms with Crippen molar-refractivity contribution >= 4 is 29.1 Å². The third kappa shape index (κ3) is 5.39. The fraction of sp³-hybridized carbons (Fsp3) is 0.727. The van der Waals surface area contributed by atoms with Crippen molar-refractivity contribution < 1.29 is 23.3 Å². The number of ether oxygens (including phenoxy) is 2. The van der Waals surface area contributed by atoms with Gasteiger partial charge in [0.25, 0.3) is 0 Å². The predicted molar refractivity (Wildman–Crippen MR) is 69.8 cm³/mol. The molecule has 0 aromatic heterocycles. The molecule has 0 fully saturated rings. The summed E-state index contributed by atoms with van der Waals surface area (Å²) < 4.78 is 24.0. The van der Waals surface area contributed by atoms with E-state index in [1.165, 1.54) is 20.4 Å². The topological polar surface area (TPSA) is 82.0 Å². The molecule has 0 aliphatic heterocycles. The van der Waals surface area contributed by atoms with E-state index in [0.717, 1.165) is 0 Å². The van der Waals surface area contributed by atoms with Crippen molar-refractivity contribution in [1.82, 2.24) is 0 Å². The quantitative estimate of drug-likeness (QED) is 0.244. The van der Waals surface area contributed by atoms with Crippen LogP contribution in [0.1, 0.15) is 27.2 Å². The zero-order chi connectivity index (χ0) is 14.3.